The Labute approximate surface area is 125 Å². The predicted molar refractivity (Wildman–Crippen MR) is 76.0 cm³/mol. The molecule has 1 aliphatic heterocycles. The fraction of sp³-hybridized carbons (Fsp3) is 0.188. The molecule has 0 amide bonds. The van der Waals surface area contributed by atoms with Crippen molar-refractivity contribution in [2.45, 2.75) is 19.3 Å². The van der Waals surface area contributed by atoms with Crippen LogP contribution in [0.25, 0.3) is 0 Å². The second-order valence-electron chi connectivity index (χ2n) is 5.10. The molecule has 1 N–H and O–H groups in total. The molecular weight excluding hydrogens is 291 g/mol. The fourth-order valence-electron chi connectivity index (χ4n) is 2.51. The van der Waals surface area contributed by atoms with E-state index in [-0.39, 0.29) is 0 Å². The summed E-state index contributed by atoms with van der Waals surface area (Å²) >= 11 is 0. The molecule has 6 heteroatoms. The van der Waals surface area contributed by atoms with Gasteiger partial charge in [0.1, 0.15) is 0 Å². The first-order chi connectivity index (χ1) is 10.5. The van der Waals surface area contributed by atoms with Gasteiger partial charge in [0.15, 0.2) is 6.19 Å². The van der Waals surface area contributed by atoms with E-state index in [1.807, 2.05) is 18.2 Å². The molecule has 0 fully saturated rings. The number of hydrogen-bond donors (Lipinski definition) is 1. The lowest BCUT2D eigenvalue weighted by atomic mass is 10.1. The molecule has 0 radical (unpaired) electrons. The Bertz CT molecular complexity index is 730. The van der Waals surface area contributed by atoms with E-state index in [1.165, 1.54) is 12.1 Å². The van der Waals surface area contributed by atoms with Crippen molar-refractivity contribution in [3.05, 3.63) is 59.2 Å². The Morgan fingerprint density at radius 2 is 1.77 bits per heavy atom. The number of nitrogens with one attached hydrogen (secondary N) is 1. The van der Waals surface area contributed by atoms with E-state index in [4.69, 9.17) is 5.26 Å². The highest BCUT2D eigenvalue weighted by molar-refractivity contribution is 5.65. The van der Waals surface area contributed by atoms with Crippen molar-refractivity contribution in [2.24, 2.45) is 0 Å². The monoisotopic (exact) mass is 303 g/mol. The van der Waals surface area contributed by atoms with Crippen LogP contribution in [0.2, 0.25) is 0 Å². The first-order valence-corrected chi connectivity index (χ1v) is 6.67. The summed E-state index contributed by atoms with van der Waals surface area (Å²) < 4.78 is 37.7. The van der Waals surface area contributed by atoms with Crippen molar-refractivity contribution in [1.82, 2.24) is 4.90 Å². The average molecular weight is 303 g/mol. The maximum atomic E-state index is 12.6. The van der Waals surface area contributed by atoms with E-state index < -0.39 is 11.7 Å². The van der Waals surface area contributed by atoms with Gasteiger partial charge in [-0.2, -0.15) is 18.4 Å². The molecule has 0 saturated heterocycles. The summed E-state index contributed by atoms with van der Waals surface area (Å²) in [5.41, 5.74) is 2.78. The topological polar surface area (TPSA) is 39.1 Å². The SMILES string of the molecule is N#CN1Cc2cccc(Nc3ccc(C(F)(F)F)cc3)c2C1. The minimum atomic E-state index is -4.33. The Kier molecular flexibility index (Phi) is 3.41. The van der Waals surface area contributed by atoms with Gasteiger partial charge in [0.2, 0.25) is 0 Å². The molecule has 112 valence electrons. The van der Waals surface area contributed by atoms with Gasteiger partial charge >= 0.3 is 6.18 Å². The molecule has 0 bridgehead atoms. The zero-order valence-corrected chi connectivity index (χ0v) is 11.5. The molecule has 1 heterocycles. The third kappa shape index (κ3) is 2.70. The minimum absolute atomic E-state index is 0.510. The quantitative estimate of drug-likeness (QED) is 0.843. The molecule has 0 aliphatic carbocycles. The van der Waals surface area contributed by atoms with Crippen molar-refractivity contribution < 1.29 is 13.2 Å². The molecule has 0 spiro atoms. The zero-order chi connectivity index (χ0) is 15.7. The summed E-state index contributed by atoms with van der Waals surface area (Å²) in [6, 6.07) is 10.6. The van der Waals surface area contributed by atoms with Crippen molar-refractivity contribution in [3.8, 4) is 6.19 Å². The normalized spacial score (nSPS) is 13.6. The summed E-state index contributed by atoms with van der Waals surface area (Å²) in [5, 5.41) is 12.1. The molecule has 1 aliphatic rings. The summed E-state index contributed by atoms with van der Waals surface area (Å²) in [6.45, 7) is 1.07. The van der Waals surface area contributed by atoms with Crippen LogP contribution >= 0.6 is 0 Å². The smallest absolute Gasteiger partial charge is 0.355 e. The van der Waals surface area contributed by atoms with Gasteiger partial charge in [0.25, 0.3) is 0 Å². The minimum Gasteiger partial charge on any atom is -0.355 e. The lowest BCUT2D eigenvalue weighted by Gasteiger charge is -2.12. The number of halogens is 3. The van der Waals surface area contributed by atoms with Gasteiger partial charge in [-0.15, -0.1) is 0 Å². The highest BCUT2D eigenvalue weighted by Crippen LogP contribution is 2.33. The van der Waals surface area contributed by atoms with Gasteiger partial charge in [-0.25, -0.2) is 0 Å². The number of rotatable bonds is 2. The maximum absolute atomic E-state index is 12.6. The van der Waals surface area contributed by atoms with Crippen LogP contribution in [0.1, 0.15) is 16.7 Å². The highest BCUT2D eigenvalue weighted by Gasteiger charge is 2.30. The first-order valence-electron chi connectivity index (χ1n) is 6.67. The van der Waals surface area contributed by atoms with Crippen molar-refractivity contribution in [3.63, 3.8) is 0 Å². The van der Waals surface area contributed by atoms with E-state index in [9.17, 15) is 13.2 Å². The standard InChI is InChI=1S/C16H12F3N3/c17-16(18,19)12-4-6-13(7-5-12)21-15-3-1-2-11-8-22(10-20)9-14(11)15/h1-7,21H,8-9H2. The first kappa shape index (κ1) is 14.3. The molecule has 2 aromatic rings. The number of hydrogen-bond acceptors (Lipinski definition) is 3. The van der Waals surface area contributed by atoms with Gasteiger partial charge in [0.05, 0.1) is 18.7 Å². The molecule has 0 saturated carbocycles. The van der Waals surface area contributed by atoms with Crippen molar-refractivity contribution in [2.75, 3.05) is 5.32 Å². The second-order valence-corrected chi connectivity index (χ2v) is 5.10. The number of fused-ring (bicyclic) bond motifs is 1. The lowest BCUT2D eigenvalue weighted by molar-refractivity contribution is -0.137. The molecule has 3 nitrogen and oxygen atoms in total. The van der Waals surface area contributed by atoms with E-state index in [1.54, 1.807) is 4.90 Å². The molecule has 0 atom stereocenters. The van der Waals surface area contributed by atoms with Crippen LogP contribution < -0.4 is 5.32 Å². The summed E-state index contributed by atoms with van der Waals surface area (Å²) in [7, 11) is 0. The summed E-state index contributed by atoms with van der Waals surface area (Å²) in [5.74, 6) is 0. The Balaban J connectivity index is 1.84. The maximum Gasteiger partial charge on any atom is 0.416 e. The van der Waals surface area contributed by atoms with Gasteiger partial charge in [-0.05, 0) is 35.9 Å². The number of nitriles is 1. The van der Waals surface area contributed by atoms with E-state index in [2.05, 4.69) is 11.5 Å². The Morgan fingerprint density at radius 3 is 2.41 bits per heavy atom. The largest absolute Gasteiger partial charge is 0.416 e. The van der Waals surface area contributed by atoms with Crippen LogP contribution in [0.3, 0.4) is 0 Å². The Hall–Kier alpha value is -2.68. The van der Waals surface area contributed by atoms with Crippen molar-refractivity contribution in [1.29, 1.82) is 5.26 Å². The summed E-state index contributed by atoms with van der Waals surface area (Å²) in [4.78, 5) is 1.63. The molecule has 0 unspecified atom stereocenters. The average Bonchev–Trinajstić information content (AvgIpc) is 2.91. The molecule has 0 aromatic heterocycles. The number of alkyl halides is 3. The van der Waals surface area contributed by atoms with Crippen LogP contribution in [-0.4, -0.2) is 4.90 Å². The van der Waals surface area contributed by atoms with Gasteiger partial charge in [0, 0.05) is 16.9 Å². The molecular formula is C16H12F3N3. The number of anilines is 2. The lowest BCUT2D eigenvalue weighted by Crippen LogP contribution is -2.07. The van der Waals surface area contributed by atoms with Gasteiger partial charge in [-0.1, -0.05) is 12.1 Å². The van der Waals surface area contributed by atoms with Crippen LogP contribution in [0.5, 0.6) is 0 Å². The van der Waals surface area contributed by atoms with Crippen LogP contribution in [0.4, 0.5) is 24.5 Å². The van der Waals surface area contributed by atoms with Gasteiger partial charge < -0.3 is 10.2 Å². The van der Waals surface area contributed by atoms with Crippen LogP contribution in [0, 0.1) is 11.5 Å². The van der Waals surface area contributed by atoms with E-state index in [0.29, 0.717) is 18.8 Å². The van der Waals surface area contributed by atoms with Crippen LogP contribution in [0.15, 0.2) is 42.5 Å². The Morgan fingerprint density at radius 1 is 1.05 bits per heavy atom. The molecule has 2 aromatic carbocycles. The number of nitrogens with zero attached hydrogens (tertiary/aromatic N) is 2. The van der Waals surface area contributed by atoms with Gasteiger partial charge in [-0.3, -0.25) is 0 Å². The van der Waals surface area contributed by atoms with Crippen molar-refractivity contribution >= 4 is 11.4 Å². The second kappa shape index (κ2) is 5.26. The van der Waals surface area contributed by atoms with E-state index >= 15 is 0 Å². The number of benzene rings is 2. The molecule has 3 rings (SSSR count). The third-order valence-electron chi connectivity index (χ3n) is 3.62. The summed E-state index contributed by atoms with van der Waals surface area (Å²) in [6.07, 6.45) is -2.23. The third-order valence-corrected chi connectivity index (χ3v) is 3.62. The van der Waals surface area contributed by atoms with E-state index in [0.717, 1.165) is 28.9 Å². The molecule has 22 heavy (non-hydrogen) atoms. The highest BCUT2D eigenvalue weighted by atomic mass is 19.4. The fourth-order valence-corrected chi connectivity index (χ4v) is 2.51. The van der Waals surface area contributed by atoms with Crippen LogP contribution in [-0.2, 0) is 19.3 Å². The predicted octanol–water partition coefficient (Wildman–Crippen LogP) is 4.25. The zero-order valence-electron chi connectivity index (χ0n) is 11.5.